The van der Waals surface area contributed by atoms with E-state index in [0.29, 0.717) is 11.7 Å². The molecule has 0 aromatic carbocycles. The van der Waals surface area contributed by atoms with Gasteiger partial charge in [0.1, 0.15) is 11.9 Å². The van der Waals surface area contributed by atoms with Gasteiger partial charge in [0, 0.05) is 6.07 Å². The normalized spacial score (nSPS) is 11.7. The zero-order valence-corrected chi connectivity index (χ0v) is 9.22. The SMILES string of the molecule is COc1cc(N[C@@H](C)C(=O)O)nc(OC)n1. The van der Waals surface area contributed by atoms with Gasteiger partial charge in [-0.3, -0.25) is 4.79 Å². The molecule has 0 aliphatic rings. The molecular weight excluding hydrogens is 214 g/mol. The van der Waals surface area contributed by atoms with Gasteiger partial charge in [-0.15, -0.1) is 0 Å². The van der Waals surface area contributed by atoms with Crippen molar-refractivity contribution in [2.75, 3.05) is 19.5 Å². The molecule has 0 saturated carbocycles. The molecule has 0 amide bonds. The number of carboxylic acids is 1. The molecule has 88 valence electrons. The van der Waals surface area contributed by atoms with Gasteiger partial charge in [0.15, 0.2) is 0 Å². The summed E-state index contributed by atoms with van der Waals surface area (Å²) in [5.41, 5.74) is 0. The molecule has 16 heavy (non-hydrogen) atoms. The number of methoxy groups -OCH3 is 2. The number of rotatable bonds is 5. The molecule has 0 spiro atoms. The van der Waals surface area contributed by atoms with Gasteiger partial charge in [-0.1, -0.05) is 0 Å². The van der Waals surface area contributed by atoms with Crippen LogP contribution in [0.4, 0.5) is 5.82 Å². The summed E-state index contributed by atoms with van der Waals surface area (Å²) >= 11 is 0. The second-order valence-corrected chi connectivity index (χ2v) is 2.99. The van der Waals surface area contributed by atoms with Gasteiger partial charge in [-0.25, -0.2) is 0 Å². The fourth-order valence-electron chi connectivity index (χ4n) is 0.957. The Morgan fingerprint density at radius 2 is 2.12 bits per heavy atom. The molecule has 0 bridgehead atoms. The highest BCUT2D eigenvalue weighted by atomic mass is 16.5. The highest BCUT2D eigenvalue weighted by molar-refractivity contribution is 5.76. The Kier molecular flexibility index (Phi) is 3.87. The Morgan fingerprint density at radius 1 is 1.44 bits per heavy atom. The van der Waals surface area contributed by atoms with Crippen LogP contribution >= 0.6 is 0 Å². The van der Waals surface area contributed by atoms with Gasteiger partial charge in [0.25, 0.3) is 0 Å². The van der Waals surface area contributed by atoms with E-state index in [1.165, 1.54) is 27.2 Å². The lowest BCUT2D eigenvalue weighted by atomic mass is 10.3. The molecule has 1 heterocycles. The summed E-state index contributed by atoms with van der Waals surface area (Å²) in [6, 6.07) is 0.839. The van der Waals surface area contributed by atoms with Crippen LogP contribution in [-0.2, 0) is 4.79 Å². The van der Waals surface area contributed by atoms with Gasteiger partial charge in [-0.2, -0.15) is 9.97 Å². The van der Waals surface area contributed by atoms with Gasteiger partial charge >= 0.3 is 12.0 Å². The molecule has 0 fully saturated rings. The van der Waals surface area contributed by atoms with E-state index in [1.807, 2.05) is 0 Å². The Hall–Kier alpha value is -2.05. The van der Waals surface area contributed by atoms with Crippen LogP contribution in [0.2, 0.25) is 0 Å². The number of nitrogens with zero attached hydrogens (tertiary/aromatic N) is 2. The number of hydrogen-bond donors (Lipinski definition) is 2. The highest BCUT2D eigenvalue weighted by Gasteiger charge is 2.13. The molecule has 0 unspecified atom stereocenters. The number of nitrogens with one attached hydrogen (secondary N) is 1. The largest absolute Gasteiger partial charge is 0.481 e. The number of aromatic nitrogens is 2. The Bertz CT molecular complexity index is 361. The molecule has 1 aromatic heterocycles. The van der Waals surface area contributed by atoms with E-state index < -0.39 is 12.0 Å². The van der Waals surface area contributed by atoms with E-state index >= 15 is 0 Å². The zero-order chi connectivity index (χ0) is 12.1. The summed E-state index contributed by atoms with van der Waals surface area (Å²) in [6.07, 6.45) is 0. The predicted molar refractivity (Wildman–Crippen MR) is 55.9 cm³/mol. The van der Waals surface area contributed by atoms with Crippen LogP contribution in [0.1, 0.15) is 6.92 Å². The van der Waals surface area contributed by atoms with Gasteiger partial charge in [0.2, 0.25) is 5.88 Å². The number of aliphatic carboxylic acids is 1. The summed E-state index contributed by atoms with van der Waals surface area (Å²) in [6.45, 7) is 1.50. The van der Waals surface area contributed by atoms with Crippen LogP contribution in [-0.4, -0.2) is 41.3 Å². The van der Waals surface area contributed by atoms with Crippen molar-refractivity contribution < 1.29 is 19.4 Å². The maximum atomic E-state index is 10.6. The predicted octanol–water partition coefficient (Wildman–Crippen LogP) is 0.379. The van der Waals surface area contributed by atoms with Crippen LogP contribution in [0.3, 0.4) is 0 Å². The summed E-state index contributed by atoms with van der Waals surface area (Å²) in [4.78, 5) is 18.5. The topological polar surface area (TPSA) is 93.6 Å². The first-order chi connectivity index (χ1) is 7.56. The lowest BCUT2D eigenvalue weighted by molar-refractivity contribution is -0.137. The summed E-state index contributed by atoms with van der Waals surface area (Å²) in [5, 5.41) is 11.4. The lowest BCUT2D eigenvalue weighted by Crippen LogP contribution is -2.26. The van der Waals surface area contributed by atoms with Crippen LogP contribution in [0.25, 0.3) is 0 Å². The highest BCUT2D eigenvalue weighted by Crippen LogP contribution is 2.17. The lowest BCUT2D eigenvalue weighted by Gasteiger charge is -2.11. The van der Waals surface area contributed by atoms with Crippen molar-refractivity contribution in [3.8, 4) is 11.9 Å². The molecule has 1 atom stereocenters. The van der Waals surface area contributed by atoms with Crippen molar-refractivity contribution in [2.24, 2.45) is 0 Å². The van der Waals surface area contributed by atoms with Crippen molar-refractivity contribution in [1.29, 1.82) is 0 Å². The van der Waals surface area contributed by atoms with Gasteiger partial charge in [0.05, 0.1) is 14.2 Å². The zero-order valence-electron chi connectivity index (χ0n) is 9.22. The fraction of sp³-hybridized carbons (Fsp3) is 0.444. The van der Waals surface area contributed by atoms with Gasteiger partial charge in [-0.05, 0) is 6.92 Å². The first-order valence-electron chi connectivity index (χ1n) is 4.53. The molecule has 0 aliphatic carbocycles. The monoisotopic (exact) mass is 227 g/mol. The molecule has 7 nitrogen and oxygen atoms in total. The minimum absolute atomic E-state index is 0.111. The summed E-state index contributed by atoms with van der Waals surface area (Å²) < 4.78 is 9.77. The third kappa shape index (κ3) is 2.97. The first kappa shape index (κ1) is 12.0. The molecule has 7 heteroatoms. The van der Waals surface area contributed by atoms with Crippen LogP contribution in [0, 0.1) is 0 Å². The fourth-order valence-corrected chi connectivity index (χ4v) is 0.957. The molecule has 0 aliphatic heterocycles. The third-order valence-electron chi connectivity index (χ3n) is 1.81. The molecule has 1 aromatic rings. The minimum Gasteiger partial charge on any atom is -0.481 e. The van der Waals surface area contributed by atoms with Crippen molar-refractivity contribution in [3.05, 3.63) is 6.07 Å². The summed E-state index contributed by atoms with van der Waals surface area (Å²) in [5.74, 6) is -0.345. The van der Waals surface area contributed by atoms with E-state index in [0.717, 1.165) is 0 Å². The van der Waals surface area contributed by atoms with Crippen LogP contribution in [0.15, 0.2) is 6.07 Å². The number of ether oxygens (including phenoxy) is 2. The average molecular weight is 227 g/mol. The number of anilines is 1. The van der Waals surface area contributed by atoms with Gasteiger partial charge < -0.3 is 19.9 Å². The van der Waals surface area contributed by atoms with E-state index in [9.17, 15) is 4.79 Å². The molecule has 1 rings (SSSR count). The van der Waals surface area contributed by atoms with Crippen molar-refractivity contribution in [3.63, 3.8) is 0 Å². The van der Waals surface area contributed by atoms with Crippen LogP contribution in [0.5, 0.6) is 11.9 Å². The van der Waals surface area contributed by atoms with Crippen molar-refractivity contribution >= 4 is 11.8 Å². The first-order valence-corrected chi connectivity index (χ1v) is 4.53. The second kappa shape index (κ2) is 5.15. The molecular formula is C9H13N3O4. The average Bonchev–Trinajstić information content (AvgIpc) is 2.28. The Labute approximate surface area is 92.4 Å². The number of carboxylic acid groups (broad SMARTS) is 1. The third-order valence-corrected chi connectivity index (χ3v) is 1.81. The maximum absolute atomic E-state index is 10.6. The Balaban J connectivity index is 2.90. The van der Waals surface area contributed by atoms with E-state index in [-0.39, 0.29) is 6.01 Å². The van der Waals surface area contributed by atoms with E-state index in [1.54, 1.807) is 0 Å². The molecule has 0 radical (unpaired) electrons. The minimum atomic E-state index is -0.975. The maximum Gasteiger partial charge on any atom is 0.325 e. The standard InChI is InChI=1S/C9H13N3O4/c1-5(8(13)14)10-6-4-7(15-2)12-9(11-6)16-3/h4-5H,1-3H3,(H,13,14)(H,10,11,12)/t5-/m0/s1. The van der Waals surface area contributed by atoms with Crippen molar-refractivity contribution in [2.45, 2.75) is 13.0 Å². The van der Waals surface area contributed by atoms with E-state index in [2.05, 4.69) is 15.3 Å². The number of carbonyl (C=O) groups is 1. The van der Waals surface area contributed by atoms with Crippen LogP contribution < -0.4 is 14.8 Å². The number of hydrogen-bond acceptors (Lipinski definition) is 6. The smallest absolute Gasteiger partial charge is 0.325 e. The quantitative estimate of drug-likeness (QED) is 0.750. The van der Waals surface area contributed by atoms with Crippen molar-refractivity contribution in [1.82, 2.24) is 9.97 Å². The van der Waals surface area contributed by atoms with E-state index in [4.69, 9.17) is 14.6 Å². The molecule has 0 saturated heterocycles. The summed E-state index contributed by atoms with van der Waals surface area (Å²) in [7, 11) is 2.87. The Morgan fingerprint density at radius 3 is 2.62 bits per heavy atom. The molecule has 2 N–H and O–H groups in total. The second-order valence-electron chi connectivity index (χ2n) is 2.99.